The number of aromatic hydroxyl groups is 2. The first kappa shape index (κ1) is 28.5. The lowest BCUT2D eigenvalue weighted by Crippen LogP contribution is -2.34. The lowest BCUT2D eigenvalue weighted by atomic mass is 9.99. The molecule has 1 aromatic rings. The van der Waals surface area contributed by atoms with Gasteiger partial charge in [-0.05, 0) is 32.4 Å². The molecular formula is C26H50N4O2. The van der Waals surface area contributed by atoms with Crippen molar-refractivity contribution in [3.8, 4) is 11.8 Å². The minimum atomic E-state index is 0.246. The Balaban J connectivity index is 2.79. The van der Waals surface area contributed by atoms with Crippen molar-refractivity contribution in [1.29, 1.82) is 0 Å². The van der Waals surface area contributed by atoms with Crippen molar-refractivity contribution in [3.05, 3.63) is 11.1 Å². The van der Waals surface area contributed by atoms with Crippen LogP contribution in [0, 0.1) is 0 Å². The average Bonchev–Trinajstić information content (AvgIpc) is 3.02. The Kier molecular flexibility index (Phi) is 16.0. The van der Waals surface area contributed by atoms with E-state index in [1.165, 1.54) is 64.2 Å². The Morgan fingerprint density at radius 2 is 1.25 bits per heavy atom. The molecule has 0 saturated carbocycles. The van der Waals surface area contributed by atoms with Crippen molar-refractivity contribution in [2.24, 2.45) is 10.7 Å². The molecule has 0 unspecified atom stereocenters. The summed E-state index contributed by atoms with van der Waals surface area (Å²) in [7, 11) is 0. The van der Waals surface area contributed by atoms with E-state index in [9.17, 15) is 10.2 Å². The first-order valence-corrected chi connectivity index (χ1v) is 13.1. The molecule has 0 aliphatic rings. The van der Waals surface area contributed by atoms with Crippen molar-refractivity contribution in [2.45, 2.75) is 110 Å². The Labute approximate surface area is 196 Å². The summed E-state index contributed by atoms with van der Waals surface area (Å²) in [6, 6.07) is 0. The summed E-state index contributed by atoms with van der Waals surface area (Å²) < 4.78 is 1.68. The molecule has 0 spiro atoms. The molecule has 0 fully saturated rings. The van der Waals surface area contributed by atoms with Crippen molar-refractivity contribution in [2.75, 3.05) is 26.3 Å². The first-order valence-electron chi connectivity index (χ1n) is 13.1. The molecule has 4 N–H and O–H groups in total. The van der Waals surface area contributed by atoms with Crippen LogP contribution >= 0.6 is 0 Å². The fourth-order valence-electron chi connectivity index (χ4n) is 4.35. The van der Waals surface area contributed by atoms with E-state index in [4.69, 9.17) is 5.73 Å². The Hall–Kier alpha value is -1.53. The summed E-state index contributed by atoms with van der Waals surface area (Å²) in [5, 5.41) is 22.0. The standard InChI is InChI=1S/C26H50N4O2/c1-4-6-8-10-12-14-16-23-24(17-15-13-11-9-7-5-2)26(32)30(25(23)31)21-20-29(22-27)19-18-28-3/h31-32H,3-22,27H2,1-2H3. The smallest absolute Gasteiger partial charge is 0.197 e. The van der Waals surface area contributed by atoms with E-state index < -0.39 is 0 Å². The maximum Gasteiger partial charge on any atom is 0.197 e. The van der Waals surface area contributed by atoms with Gasteiger partial charge in [0.2, 0.25) is 0 Å². The minimum Gasteiger partial charge on any atom is -0.494 e. The van der Waals surface area contributed by atoms with Gasteiger partial charge < -0.3 is 15.9 Å². The molecule has 0 radical (unpaired) electrons. The second-order valence-corrected chi connectivity index (χ2v) is 9.04. The second-order valence-electron chi connectivity index (χ2n) is 9.04. The van der Waals surface area contributed by atoms with Gasteiger partial charge in [0.05, 0.1) is 6.54 Å². The van der Waals surface area contributed by atoms with Gasteiger partial charge in [-0.15, -0.1) is 0 Å². The molecule has 6 nitrogen and oxygen atoms in total. The molecule has 0 amide bonds. The zero-order valence-electron chi connectivity index (χ0n) is 21.0. The monoisotopic (exact) mass is 450 g/mol. The first-order chi connectivity index (χ1) is 15.6. The van der Waals surface area contributed by atoms with E-state index in [-0.39, 0.29) is 11.8 Å². The van der Waals surface area contributed by atoms with Crippen LogP contribution in [0.15, 0.2) is 4.99 Å². The third-order valence-corrected chi connectivity index (χ3v) is 6.45. The van der Waals surface area contributed by atoms with Crippen LogP contribution in [0.5, 0.6) is 11.8 Å². The molecular weight excluding hydrogens is 400 g/mol. The summed E-state index contributed by atoms with van der Waals surface area (Å²) >= 11 is 0. The molecule has 6 heteroatoms. The quantitative estimate of drug-likeness (QED) is 0.129. The van der Waals surface area contributed by atoms with Gasteiger partial charge in [-0.25, -0.2) is 0 Å². The van der Waals surface area contributed by atoms with Crippen LogP contribution in [-0.4, -0.2) is 52.7 Å². The predicted molar refractivity (Wildman–Crippen MR) is 137 cm³/mol. The maximum absolute atomic E-state index is 11.0. The van der Waals surface area contributed by atoms with E-state index in [1.807, 2.05) is 0 Å². The van der Waals surface area contributed by atoms with Gasteiger partial charge in [0, 0.05) is 37.4 Å². The molecule has 0 aliphatic carbocycles. The molecule has 0 bridgehead atoms. The molecule has 1 aromatic heterocycles. The zero-order chi connectivity index (χ0) is 23.6. The summed E-state index contributed by atoms with van der Waals surface area (Å²) in [5.74, 6) is 0.492. The van der Waals surface area contributed by atoms with Crippen LogP contribution in [0.25, 0.3) is 0 Å². The highest BCUT2D eigenvalue weighted by Gasteiger charge is 2.22. The largest absolute Gasteiger partial charge is 0.494 e. The number of hydrogen-bond donors (Lipinski definition) is 3. The topological polar surface area (TPSA) is 87.0 Å². The predicted octanol–water partition coefficient (Wildman–Crippen LogP) is 5.62. The average molecular weight is 451 g/mol. The molecule has 0 atom stereocenters. The van der Waals surface area contributed by atoms with Crippen LogP contribution in [0.2, 0.25) is 0 Å². The highest BCUT2D eigenvalue weighted by Crippen LogP contribution is 2.36. The molecule has 1 heterocycles. The number of unbranched alkanes of at least 4 members (excludes halogenated alkanes) is 10. The fraction of sp³-hybridized carbons (Fsp3) is 0.808. The third kappa shape index (κ3) is 10.4. The van der Waals surface area contributed by atoms with Crippen LogP contribution in [0.3, 0.4) is 0 Å². The summed E-state index contributed by atoms with van der Waals surface area (Å²) in [4.78, 5) is 5.96. The van der Waals surface area contributed by atoms with Gasteiger partial charge in [-0.1, -0.05) is 78.1 Å². The fourth-order valence-corrected chi connectivity index (χ4v) is 4.35. The van der Waals surface area contributed by atoms with Gasteiger partial charge in [0.15, 0.2) is 11.8 Å². The van der Waals surface area contributed by atoms with E-state index in [0.717, 1.165) is 43.4 Å². The number of rotatable bonds is 21. The normalized spacial score (nSPS) is 11.5. The van der Waals surface area contributed by atoms with Gasteiger partial charge >= 0.3 is 0 Å². The third-order valence-electron chi connectivity index (χ3n) is 6.45. The Bertz CT molecular complexity index is 576. The van der Waals surface area contributed by atoms with Gasteiger partial charge in [0.1, 0.15) is 0 Å². The van der Waals surface area contributed by atoms with Crippen molar-refractivity contribution < 1.29 is 10.2 Å². The highest BCUT2D eigenvalue weighted by molar-refractivity contribution is 5.45. The van der Waals surface area contributed by atoms with Crippen molar-refractivity contribution >= 4 is 6.72 Å². The number of aromatic nitrogens is 1. The minimum absolute atomic E-state index is 0.246. The van der Waals surface area contributed by atoms with Gasteiger partial charge in [0.25, 0.3) is 0 Å². The van der Waals surface area contributed by atoms with E-state index in [2.05, 4.69) is 30.5 Å². The molecule has 0 aliphatic heterocycles. The number of nitrogens with zero attached hydrogens (tertiary/aromatic N) is 3. The van der Waals surface area contributed by atoms with Crippen molar-refractivity contribution in [1.82, 2.24) is 9.47 Å². The number of aliphatic imine (C=N–C) groups is 1. The van der Waals surface area contributed by atoms with E-state index in [1.54, 1.807) is 4.57 Å². The lowest BCUT2D eigenvalue weighted by Gasteiger charge is -2.19. The summed E-state index contributed by atoms with van der Waals surface area (Å²) in [6.07, 6.45) is 16.3. The Morgan fingerprint density at radius 1 is 0.781 bits per heavy atom. The van der Waals surface area contributed by atoms with E-state index >= 15 is 0 Å². The highest BCUT2D eigenvalue weighted by atomic mass is 16.3. The molecule has 32 heavy (non-hydrogen) atoms. The summed E-state index contributed by atoms with van der Waals surface area (Å²) in [5.41, 5.74) is 7.76. The molecule has 186 valence electrons. The van der Waals surface area contributed by atoms with Crippen molar-refractivity contribution in [3.63, 3.8) is 0 Å². The number of hydrogen-bond acceptors (Lipinski definition) is 5. The maximum atomic E-state index is 11.0. The summed E-state index contributed by atoms with van der Waals surface area (Å²) in [6.45, 7) is 11.0. The lowest BCUT2D eigenvalue weighted by molar-refractivity contribution is 0.262. The van der Waals surface area contributed by atoms with E-state index in [0.29, 0.717) is 26.3 Å². The molecule has 0 saturated heterocycles. The van der Waals surface area contributed by atoms with Crippen LogP contribution < -0.4 is 5.73 Å². The van der Waals surface area contributed by atoms with Crippen LogP contribution in [0.4, 0.5) is 0 Å². The molecule has 1 rings (SSSR count). The zero-order valence-corrected chi connectivity index (χ0v) is 21.0. The number of nitrogens with two attached hydrogens (primary N) is 1. The van der Waals surface area contributed by atoms with Gasteiger partial charge in [-0.3, -0.25) is 14.5 Å². The SMILES string of the molecule is C=NCCN(CN)CCn1c(O)c(CCCCCCCC)c(CCCCCCCC)c1O. The van der Waals surface area contributed by atoms with Crippen LogP contribution in [0.1, 0.15) is 102 Å². The molecule has 0 aromatic carbocycles. The second kappa shape index (κ2) is 18.0. The van der Waals surface area contributed by atoms with Crippen LogP contribution in [-0.2, 0) is 19.4 Å². The van der Waals surface area contributed by atoms with Gasteiger partial charge in [-0.2, -0.15) is 0 Å². The Morgan fingerprint density at radius 3 is 1.69 bits per heavy atom.